The molecule has 0 aliphatic carbocycles. The van der Waals surface area contributed by atoms with Crippen molar-refractivity contribution in [3.05, 3.63) is 47.7 Å². The van der Waals surface area contributed by atoms with E-state index < -0.39 is 0 Å². The molecule has 1 aliphatic heterocycles. The largest absolute Gasteiger partial charge is 0.385 e. The topological polar surface area (TPSA) is 54.8 Å². The van der Waals surface area contributed by atoms with Gasteiger partial charge < -0.3 is 19.1 Å². The highest BCUT2D eigenvalue weighted by molar-refractivity contribution is 5.97. The lowest BCUT2D eigenvalue weighted by molar-refractivity contribution is -0.133. The third kappa shape index (κ3) is 5.63. The average Bonchev–Trinajstić information content (AvgIpc) is 3.11. The van der Waals surface area contributed by atoms with Gasteiger partial charge in [0.1, 0.15) is 6.54 Å². The summed E-state index contributed by atoms with van der Waals surface area (Å²) in [6, 6.07) is 12.4. The summed E-state index contributed by atoms with van der Waals surface area (Å²) in [4.78, 5) is 29.6. The second kappa shape index (κ2) is 10.7. The highest BCUT2D eigenvalue weighted by Gasteiger charge is 2.26. The van der Waals surface area contributed by atoms with Crippen LogP contribution in [-0.2, 0) is 16.1 Å². The number of nitrogens with zero attached hydrogens (tertiary/aromatic N) is 3. The van der Waals surface area contributed by atoms with Gasteiger partial charge in [-0.15, -0.1) is 0 Å². The minimum Gasteiger partial charge on any atom is -0.385 e. The number of piperidine rings is 1. The van der Waals surface area contributed by atoms with Gasteiger partial charge in [0.15, 0.2) is 5.78 Å². The maximum Gasteiger partial charge on any atom is 0.242 e. The molecule has 0 spiro atoms. The Hall–Kier alpha value is -2.44. The second-order valence-electron chi connectivity index (χ2n) is 8.48. The Labute approximate surface area is 185 Å². The number of amides is 1. The maximum absolute atomic E-state index is 13.2. The molecule has 0 saturated carbocycles. The van der Waals surface area contributed by atoms with E-state index in [1.807, 2.05) is 52.8 Å². The molecule has 1 amide bonds. The molecule has 0 bridgehead atoms. The molecule has 168 valence electrons. The first-order chi connectivity index (χ1) is 14.9. The zero-order chi connectivity index (χ0) is 22.4. The molecule has 0 N–H and O–H groups in total. The molecule has 0 atom stereocenters. The van der Waals surface area contributed by atoms with Gasteiger partial charge in [-0.1, -0.05) is 30.3 Å². The van der Waals surface area contributed by atoms with Crippen LogP contribution in [0.4, 0.5) is 0 Å². The van der Waals surface area contributed by atoms with Crippen molar-refractivity contribution in [1.29, 1.82) is 0 Å². The van der Waals surface area contributed by atoms with Crippen molar-refractivity contribution >= 4 is 11.7 Å². The second-order valence-corrected chi connectivity index (χ2v) is 8.48. The molecule has 1 aromatic heterocycles. The van der Waals surface area contributed by atoms with E-state index in [1.165, 1.54) is 0 Å². The molecule has 0 radical (unpaired) electrons. The van der Waals surface area contributed by atoms with Gasteiger partial charge in [0, 0.05) is 56.3 Å². The number of carbonyl (C=O) groups excluding carboxylic acids is 2. The number of aromatic nitrogens is 1. The van der Waals surface area contributed by atoms with Gasteiger partial charge in [-0.25, -0.2) is 0 Å². The van der Waals surface area contributed by atoms with Gasteiger partial charge >= 0.3 is 0 Å². The van der Waals surface area contributed by atoms with E-state index in [9.17, 15) is 9.59 Å². The minimum atomic E-state index is 0.0261. The van der Waals surface area contributed by atoms with Crippen LogP contribution >= 0.6 is 0 Å². The fourth-order valence-corrected chi connectivity index (χ4v) is 4.49. The molecule has 0 unspecified atom stereocenters. The van der Waals surface area contributed by atoms with E-state index in [2.05, 4.69) is 11.9 Å². The SMILES string of the molecule is COCCCN(C)C1CCN(C(=O)Cn2c(-c3ccccc3)cc(C(C)=O)c2C)CC1. The number of Topliss-reactive ketones (excluding diaryl/α,β-unsaturated/α-hetero) is 1. The predicted molar refractivity (Wildman–Crippen MR) is 123 cm³/mol. The van der Waals surface area contributed by atoms with Crippen LogP contribution in [0.2, 0.25) is 0 Å². The molecule has 2 heterocycles. The number of likely N-dealkylation sites (tertiary alicyclic amines) is 1. The lowest BCUT2D eigenvalue weighted by atomic mass is 10.0. The summed E-state index contributed by atoms with van der Waals surface area (Å²) in [6.07, 6.45) is 3.01. The fourth-order valence-electron chi connectivity index (χ4n) is 4.49. The smallest absolute Gasteiger partial charge is 0.242 e. The quantitative estimate of drug-likeness (QED) is 0.455. The van der Waals surface area contributed by atoms with E-state index >= 15 is 0 Å². The van der Waals surface area contributed by atoms with Crippen LogP contribution in [0.1, 0.15) is 42.2 Å². The van der Waals surface area contributed by atoms with Crippen molar-refractivity contribution in [2.45, 2.75) is 45.7 Å². The summed E-state index contributed by atoms with van der Waals surface area (Å²) >= 11 is 0. The lowest BCUT2D eigenvalue weighted by Gasteiger charge is -2.37. The number of ether oxygens (including phenoxy) is 1. The minimum absolute atomic E-state index is 0.0261. The molecular formula is C25H35N3O3. The zero-order valence-corrected chi connectivity index (χ0v) is 19.3. The number of carbonyl (C=O) groups is 2. The van der Waals surface area contributed by atoms with Crippen molar-refractivity contribution in [3.63, 3.8) is 0 Å². The van der Waals surface area contributed by atoms with Crippen molar-refractivity contribution in [2.24, 2.45) is 0 Å². The van der Waals surface area contributed by atoms with Crippen LogP contribution in [0.25, 0.3) is 11.3 Å². The molecule has 6 heteroatoms. The Morgan fingerprint density at radius 1 is 1.16 bits per heavy atom. The van der Waals surface area contributed by atoms with Gasteiger partial charge in [0.05, 0.1) is 0 Å². The monoisotopic (exact) mass is 425 g/mol. The number of hydrogen-bond donors (Lipinski definition) is 0. The molecular weight excluding hydrogens is 390 g/mol. The third-order valence-corrected chi connectivity index (χ3v) is 6.41. The number of benzene rings is 1. The van der Waals surface area contributed by atoms with E-state index in [-0.39, 0.29) is 18.2 Å². The number of methoxy groups -OCH3 is 1. The van der Waals surface area contributed by atoms with Crippen LogP contribution in [0.3, 0.4) is 0 Å². The van der Waals surface area contributed by atoms with Crippen molar-refractivity contribution in [3.8, 4) is 11.3 Å². The van der Waals surface area contributed by atoms with Gasteiger partial charge in [-0.2, -0.15) is 0 Å². The number of ketones is 1. The van der Waals surface area contributed by atoms with E-state index in [1.54, 1.807) is 14.0 Å². The number of hydrogen-bond acceptors (Lipinski definition) is 4. The Kier molecular flexibility index (Phi) is 8.04. The molecule has 1 saturated heterocycles. The Balaban J connectivity index is 1.68. The van der Waals surface area contributed by atoms with Gasteiger partial charge in [0.2, 0.25) is 5.91 Å². The zero-order valence-electron chi connectivity index (χ0n) is 19.3. The van der Waals surface area contributed by atoms with E-state index in [0.29, 0.717) is 11.6 Å². The van der Waals surface area contributed by atoms with Crippen LogP contribution in [0.15, 0.2) is 36.4 Å². The van der Waals surface area contributed by atoms with Crippen LogP contribution in [0.5, 0.6) is 0 Å². The highest BCUT2D eigenvalue weighted by Crippen LogP contribution is 2.27. The number of rotatable bonds is 9. The molecule has 31 heavy (non-hydrogen) atoms. The first kappa shape index (κ1) is 23.2. The van der Waals surface area contributed by atoms with Gasteiger partial charge in [-0.3, -0.25) is 9.59 Å². The Morgan fingerprint density at radius 2 is 1.84 bits per heavy atom. The molecule has 1 aromatic carbocycles. The van der Waals surface area contributed by atoms with E-state index in [0.717, 1.165) is 62.5 Å². The Bertz CT molecular complexity index is 883. The first-order valence-electron chi connectivity index (χ1n) is 11.2. The lowest BCUT2D eigenvalue weighted by Crippen LogP contribution is -2.46. The summed E-state index contributed by atoms with van der Waals surface area (Å²) in [6.45, 7) is 7.12. The first-order valence-corrected chi connectivity index (χ1v) is 11.2. The maximum atomic E-state index is 13.2. The van der Waals surface area contributed by atoms with Crippen LogP contribution in [0, 0.1) is 6.92 Å². The summed E-state index contributed by atoms with van der Waals surface area (Å²) < 4.78 is 7.15. The van der Waals surface area contributed by atoms with Gasteiger partial charge in [-0.05, 0) is 51.8 Å². The molecule has 1 fully saturated rings. The fraction of sp³-hybridized carbons (Fsp3) is 0.520. The molecule has 3 rings (SSSR count). The summed E-state index contributed by atoms with van der Waals surface area (Å²) in [5.74, 6) is 0.143. The predicted octanol–water partition coefficient (Wildman–Crippen LogP) is 3.63. The molecule has 6 nitrogen and oxygen atoms in total. The van der Waals surface area contributed by atoms with Gasteiger partial charge in [0.25, 0.3) is 0 Å². The van der Waals surface area contributed by atoms with Crippen molar-refractivity contribution < 1.29 is 14.3 Å². The van der Waals surface area contributed by atoms with E-state index in [4.69, 9.17) is 4.74 Å². The standard InChI is InChI=1S/C25H35N3O3/c1-19-23(20(2)29)17-24(21-9-6-5-7-10-21)28(19)18-25(30)27-14-11-22(12-15-27)26(3)13-8-16-31-4/h5-7,9-10,17,22H,8,11-16,18H2,1-4H3. The summed E-state index contributed by atoms with van der Waals surface area (Å²) in [5, 5.41) is 0. The summed E-state index contributed by atoms with van der Waals surface area (Å²) in [7, 11) is 3.90. The summed E-state index contributed by atoms with van der Waals surface area (Å²) in [5.41, 5.74) is 3.47. The normalized spacial score (nSPS) is 14.9. The van der Waals surface area contributed by atoms with Crippen molar-refractivity contribution in [2.75, 3.05) is 40.4 Å². The molecule has 1 aliphatic rings. The van der Waals surface area contributed by atoms with Crippen molar-refractivity contribution in [1.82, 2.24) is 14.4 Å². The average molecular weight is 426 g/mol. The molecule has 2 aromatic rings. The van der Waals surface area contributed by atoms with Crippen LogP contribution in [-0.4, -0.2) is 72.5 Å². The highest BCUT2D eigenvalue weighted by atomic mass is 16.5. The van der Waals surface area contributed by atoms with Crippen LogP contribution < -0.4 is 0 Å². The third-order valence-electron chi connectivity index (χ3n) is 6.41. The Morgan fingerprint density at radius 3 is 2.45 bits per heavy atom.